The second-order valence-corrected chi connectivity index (χ2v) is 8.51. The molecule has 7 heteroatoms. The summed E-state index contributed by atoms with van der Waals surface area (Å²) >= 11 is 1.40. The molecule has 0 spiro atoms. The minimum Gasteiger partial charge on any atom is -0.350 e. The third-order valence-corrected chi connectivity index (χ3v) is 5.63. The fraction of sp³-hybridized carbons (Fsp3) is 0.333. The molecule has 6 nitrogen and oxygen atoms in total. The number of nitrogens with one attached hydrogen (secondary N) is 1. The Bertz CT molecular complexity index is 924. The van der Waals surface area contributed by atoms with Gasteiger partial charge in [-0.25, -0.2) is 0 Å². The van der Waals surface area contributed by atoms with E-state index in [4.69, 9.17) is 0 Å². The summed E-state index contributed by atoms with van der Waals surface area (Å²) in [5.74, 6) is 0.711. The van der Waals surface area contributed by atoms with Crippen molar-refractivity contribution in [3.05, 3.63) is 54.9 Å². The largest absolute Gasteiger partial charge is 0.350 e. The van der Waals surface area contributed by atoms with E-state index in [0.29, 0.717) is 5.16 Å². The molecule has 0 saturated heterocycles. The number of carbonyl (C=O) groups is 1. The highest BCUT2D eigenvalue weighted by Crippen LogP contribution is 2.30. The van der Waals surface area contributed by atoms with Crippen molar-refractivity contribution in [2.45, 2.75) is 50.1 Å². The second kappa shape index (κ2) is 8.56. The van der Waals surface area contributed by atoms with Gasteiger partial charge in [-0.05, 0) is 51.5 Å². The Balaban J connectivity index is 1.94. The summed E-state index contributed by atoms with van der Waals surface area (Å²) in [4.78, 5) is 16.7. The first-order chi connectivity index (χ1) is 13.4. The van der Waals surface area contributed by atoms with Gasteiger partial charge in [-0.1, -0.05) is 36.9 Å². The van der Waals surface area contributed by atoms with Crippen LogP contribution in [0, 0.1) is 0 Å². The van der Waals surface area contributed by atoms with Gasteiger partial charge >= 0.3 is 0 Å². The molecule has 146 valence electrons. The van der Waals surface area contributed by atoms with E-state index in [0.717, 1.165) is 23.5 Å². The van der Waals surface area contributed by atoms with Crippen molar-refractivity contribution in [3.63, 3.8) is 0 Å². The maximum Gasteiger partial charge on any atom is 0.233 e. The average Bonchev–Trinajstić information content (AvgIpc) is 3.12. The lowest BCUT2D eigenvalue weighted by Crippen LogP contribution is -2.46. The van der Waals surface area contributed by atoms with Crippen LogP contribution in [0.25, 0.3) is 17.1 Å². The van der Waals surface area contributed by atoms with Gasteiger partial charge in [0.15, 0.2) is 11.0 Å². The van der Waals surface area contributed by atoms with Crippen LogP contribution in [-0.2, 0) is 4.79 Å². The lowest BCUT2D eigenvalue weighted by molar-refractivity contribution is -0.121. The summed E-state index contributed by atoms with van der Waals surface area (Å²) in [6.07, 6.45) is 4.33. The maximum absolute atomic E-state index is 12.6. The maximum atomic E-state index is 12.6. The van der Waals surface area contributed by atoms with Crippen molar-refractivity contribution in [3.8, 4) is 17.1 Å². The number of rotatable bonds is 7. The smallest absolute Gasteiger partial charge is 0.233 e. The Labute approximate surface area is 169 Å². The molecule has 1 unspecified atom stereocenters. The second-order valence-electron chi connectivity index (χ2n) is 7.20. The highest BCUT2D eigenvalue weighted by atomic mass is 32.2. The highest BCUT2D eigenvalue weighted by Gasteiger charge is 2.25. The molecule has 0 aliphatic heterocycles. The Morgan fingerprint density at radius 3 is 2.46 bits per heavy atom. The fourth-order valence-corrected chi connectivity index (χ4v) is 3.45. The number of hydrogen-bond donors (Lipinski definition) is 1. The molecule has 0 saturated carbocycles. The number of carbonyl (C=O) groups excluding carboxylic acids is 1. The first-order valence-electron chi connectivity index (χ1n) is 9.31. The molecule has 1 atom stereocenters. The van der Waals surface area contributed by atoms with Gasteiger partial charge in [-0.3, -0.25) is 14.3 Å². The molecule has 1 aromatic carbocycles. The standard InChI is InChI=1S/C21H25N5OS/c1-5-21(3,4)23-19(27)15(2)28-20-25-24-18(16-11-13-22-14-12-16)26(20)17-9-7-6-8-10-17/h6-15H,5H2,1-4H3,(H,23,27). The van der Waals surface area contributed by atoms with Crippen LogP contribution < -0.4 is 5.32 Å². The summed E-state index contributed by atoms with van der Waals surface area (Å²) in [5.41, 5.74) is 1.63. The minimum atomic E-state index is -0.303. The number of amides is 1. The van der Waals surface area contributed by atoms with Gasteiger partial charge < -0.3 is 5.32 Å². The van der Waals surface area contributed by atoms with E-state index >= 15 is 0 Å². The topological polar surface area (TPSA) is 72.7 Å². The van der Waals surface area contributed by atoms with E-state index in [9.17, 15) is 4.79 Å². The number of hydrogen-bond acceptors (Lipinski definition) is 5. The summed E-state index contributed by atoms with van der Waals surface area (Å²) in [5, 5.41) is 12.3. The summed E-state index contributed by atoms with van der Waals surface area (Å²) in [6.45, 7) is 8.00. The Morgan fingerprint density at radius 1 is 1.14 bits per heavy atom. The third-order valence-electron chi connectivity index (χ3n) is 4.58. The monoisotopic (exact) mass is 395 g/mol. The average molecular weight is 396 g/mol. The van der Waals surface area contributed by atoms with E-state index in [-0.39, 0.29) is 16.7 Å². The van der Waals surface area contributed by atoms with Crippen molar-refractivity contribution in [2.75, 3.05) is 0 Å². The van der Waals surface area contributed by atoms with Crippen molar-refractivity contribution < 1.29 is 4.79 Å². The van der Waals surface area contributed by atoms with Gasteiger partial charge in [-0.15, -0.1) is 10.2 Å². The van der Waals surface area contributed by atoms with Crippen LogP contribution in [0.15, 0.2) is 60.0 Å². The van der Waals surface area contributed by atoms with Gasteiger partial charge in [0, 0.05) is 29.2 Å². The predicted molar refractivity (Wildman–Crippen MR) is 112 cm³/mol. The first-order valence-corrected chi connectivity index (χ1v) is 10.2. The van der Waals surface area contributed by atoms with E-state index in [2.05, 4.69) is 27.4 Å². The van der Waals surface area contributed by atoms with Gasteiger partial charge in [-0.2, -0.15) is 0 Å². The van der Waals surface area contributed by atoms with Crippen LogP contribution in [0.1, 0.15) is 34.1 Å². The van der Waals surface area contributed by atoms with Crippen LogP contribution in [0.3, 0.4) is 0 Å². The number of benzene rings is 1. The van der Waals surface area contributed by atoms with E-state index in [1.54, 1.807) is 12.4 Å². The van der Waals surface area contributed by atoms with Gasteiger partial charge in [0.2, 0.25) is 5.91 Å². The molecule has 2 aromatic heterocycles. The molecule has 0 fully saturated rings. The molecule has 3 aromatic rings. The molecule has 0 radical (unpaired) electrons. The Hall–Kier alpha value is -2.67. The summed E-state index contributed by atoms with van der Waals surface area (Å²) < 4.78 is 1.98. The molecule has 28 heavy (non-hydrogen) atoms. The Morgan fingerprint density at radius 2 is 1.82 bits per heavy atom. The molecule has 3 rings (SSSR count). The van der Waals surface area contributed by atoms with Gasteiger partial charge in [0.25, 0.3) is 0 Å². The summed E-state index contributed by atoms with van der Waals surface area (Å²) in [6, 6.07) is 13.7. The van der Waals surface area contributed by atoms with Crippen LogP contribution in [0.5, 0.6) is 0 Å². The van der Waals surface area contributed by atoms with Gasteiger partial charge in [0.05, 0.1) is 5.25 Å². The lowest BCUT2D eigenvalue weighted by atomic mass is 10.0. The minimum absolute atomic E-state index is 0.00933. The van der Waals surface area contributed by atoms with E-state index < -0.39 is 0 Å². The number of aromatic nitrogens is 4. The van der Waals surface area contributed by atoms with Crippen molar-refractivity contribution in [1.82, 2.24) is 25.1 Å². The van der Waals surface area contributed by atoms with Crippen molar-refractivity contribution in [1.29, 1.82) is 0 Å². The molecule has 0 aliphatic rings. The lowest BCUT2D eigenvalue weighted by Gasteiger charge is -2.26. The molecule has 2 heterocycles. The van der Waals surface area contributed by atoms with Crippen molar-refractivity contribution in [2.24, 2.45) is 0 Å². The predicted octanol–water partition coefficient (Wildman–Crippen LogP) is 4.11. The first kappa shape index (κ1) is 20.1. The number of thioether (sulfide) groups is 1. The molecule has 1 N–H and O–H groups in total. The van der Waals surface area contributed by atoms with Gasteiger partial charge in [0.1, 0.15) is 0 Å². The quantitative estimate of drug-likeness (QED) is 0.610. The molecule has 0 bridgehead atoms. The highest BCUT2D eigenvalue weighted by molar-refractivity contribution is 8.00. The molecular formula is C21H25N5OS. The third kappa shape index (κ3) is 4.59. The molecule has 0 aliphatic carbocycles. The number of pyridine rings is 1. The van der Waals surface area contributed by atoms with Crippen LogP contribution in [0.4, 0.5) is 0 Å². The summed E-state index contributed by atoms with van der Waals surface area (Å²) in [7, 11) is 0. The zero-order valence-corrected chi connectivity index (χ0v) is 17.4. The van der Waals surface area contributed by atoms with E-state index in [1.165, 1.54) is 11.8 Å². The Kier molecular flexibility index (Phi) is 6.14. The normalized spacial score (nSPS) is 12.6. The zero-order valence-electron chi connectivity index (χ0n) is 16.6. The van der Waals surface area contributed by atoms with Crippen molar-refractivity contribution >= 4 is 17.7 Å². The molecule has 1 amide bonds. The number of nitrogens with zero attached hydrogens (tertiary/aromatic N) is 4. The zero-order chi connectivity index (χ0) is 20.1. The van der Waals surface area contributed by atoms with Crippen LogP contribution in [-0.4, -0.2) is 36.4 Å². The SMILES string of the molecule is CCC(C)(C)NC(=O)C(C)Sc1nnc(-c2ccncc2)n1-c1ccccc1. The van der Waals surface area contributed by atoms with Crippen LogP contribution >= 0.6 is 11.8 Å². The molecular weight excluding hydrogens is 370 g/mol. The number of para-hydroxylation sites is 1. The van der Waals surface area contributed by atoms with E-state index in [1.807, 2.05) is 67.8 Å². The fourth-order valence-electron chi connectivity index (χ4n) is 2.58. The van der Waals surface area contributed by atoms with Crippen LogP contribution in [0.2, 0.25) is 0 Å².